The molecule has 0 nitrogen and oxygen atoms in total. The molecule has 0 rings (SSSR count). The van der Waals surface area contributed by atoms with Gasteiger partial charge in [-0.25, -0.2) is 0 Å². The van der Waals surface area contributed by atoms with E-state index in [1.165, 1.54) is 43.8 Å². The maximum atomic E-state index is 4.37. The topological polar surface area (TPSA) is 0 Å². The van der Waals surface area contributed by atoms with Gasteiger partial charge in [-0.15, -0.1) is 6.58 Å². The molecule has 0 radical (unpaired) electrons. The molecule has 0 amide bonds. The first-order valence-electron chi connectivity index (χ1n) is 6.35. The van der Waals surface area contributed by atoms with E-state index in [9.17, 15) is 0 Å². The smallest absolute Gasteiger partial charge is 0.0799 e. The Bertz CT molecular complexity index is 148. The van der Waals surface area contributed by atoms with Gasteiger partial charge in [-0.2, -0.15) is 0 Å². The molecule has 0 fully saturated rings. The summed E-state index contributed by atoms with van der Waals surface area (Å²) in [5, 5.41) is 1.64. The third-order valence-electron chi connectivity index (χ3n) is 3.86. The molecule has 0 bridgehead atoms. The molecule has 0 aromatic carbocycles. The van der Waals surface area contributed by atoms with Crippen molar-refractivity contribution in [3.05, 3.63) is 11.8 Å². The van der Waals surface area contributed by atoms with Gasteiger partial charge in [0.15, 0.2) is 0 Å². The van der Waals surface area contributed by atoms with Gasteiger partial charge in [0.25, 0.3) is 0 Å². The average Bonchev–Trinajstić information content (AvgIpc) is 2.22. The molecule has 0 aliphatic heterocycles. The fourth-order valence-corrected chi connectivity index (χ4v) is 6.06. The second-order valence-corrected chi connectivity index (χ2v) is 9.79. The van der Waals surface area contributed by atoms with E-state index in [2.05, 4.69) is 34.3 Å². The van der Waals surface area contributed by atoms with Crippen LogP contribution >= 0.6 is 0 Å². The lowest BCUT2D eigenvalue weighted by atomic mass is 10.2. The van der Waals surface area contributed by atoms with Crippen LogP contribution in [0.5, 0.6) is 0 Å². The van der Waals surface area contributed by atoms with Crippen molar-refractivity contribution in [2.24, 2.45) is 0 Å². The van der Waals surface area contributed by atoms with Crippen LogP contribution in [0.3, 0.4) is 0 Å². The van der Waals surface area contributed by atoms with Crippen LogP contribution in [0.15, 0.2) is 11.8 Å². The molecule has 0 aromatic rings. The standard InChI is InChI=1S/C13H28Si/c1-6-10-11-12-13(5)14(7-2,8-3)9-4/h5-12H2,1-4H3. The average molecular weight is 212 g/mol. The number of hydrogen-bond acceptors (Lipinski definition) is 0. The van der Waals surface area contributed by atoms with E-state index in [0.717, 1.165) is 0 Å². The molecular formula is C13H28Si. The van der Waals surface area contributed by atoms with Crippen molar-refractivity contribution < 1.29 is 0 Å². The predicted molar refractivity (Wildman–Crippen MR) is 70.5 cm³/mol. The largest absolute Gasteiger partial charge is 0.104 e. The Morgan fingerprint density at radius 2 is 1.43 bits per heavy atom. The maximum Gasteiger partial charge on any atom is 0.0799 e. The summed E-state index contributed by atoms with van der Waals surface area (Å²) < 4.78 is 0. The zero-order chi connectivity index (χ0) is 11.0. The minimum atomic E-state index is -1.07. The molecule has 0 saturated carbocycles. The normalized spacial score (nSPS) is 11.7. The summed E-state index contributed by atoms with van der Waals surface area (Å²) in [5.41, 5.74) is 0. The lowest BCUT2D eigenvalue weighted by Gasteiger charge is -2.30. The molecular weight excluding hydrogens is 184 g/mol. The summed E-state index contributed by atoms with van der Waals surface area (Å²) in [6.45, 7) is 13.7. The Balaban J connectivity index is 4.15. The third-order valence-corrected chi connectivity index (χ3v) is 9.67. The van der Waals surface area contributed by atoms with Gasteiger partial charge in [0, 0.05) is 0 Å². The molecule has 14 heavy (non-hydrogen) atoms. The minimum absolute atomic E-state index is 1.07. The molecule has 0 aromatic heterocycles. The molecule has 0 saturated heterocycles. The van der Waals surface area contributed by atoms with Gasteiger partial charge in [-0.05, 0) is 12.8 Å². The zero-order valence-electron chi connectivity index (χ0n) is 10.7. The van der Waals surface area contributed by atoms with E-state index in [-0.39, 0.29) is 0 Å². The van der Waals surface area contributed by atoms with Gasteiger partial charge in [0.2, 0.25) is 0 Å². The van der Waals surface area contributed by atoms with E-state index in [4.69, 9.17) is 0 Å². The molecule has 0 N–H and O–H groups in total. The summed E-state index contributed by atoms with van der Waals surface area (Å²) in [5.74, 6) is 0. The Hall–Kier alpha value is -0.0431. The summed E-state index contributed by atoms with van der Waals surface area (Å²) in [6, 6.07) is 4.18. The second-order valence-electron chi connectivity index (χ2n) is 4.40. The van der Waals surface area contributed by atoms with Crippen LogP contribution in [-0.4, -0.2) is 8.07 Å². The quantitative estimate of drug-likeness (QED) is 0.384. The van der Waals surface area contributed by atoms with Gasteiger partial charge in [-0.1, -0.05) is 63.9 Å². The first kappa shape index (κ1) is 14.0. The fourth-order valence-electron chi connectivity index (χ4n) is 2.35. The first-order chi connectivity index (χ1) is 6.66. The number of hydrogen-bond donors (Lipinski definition) is 0. The monoisotopic (exact) mass is 212 g/mol. The molecule has 0 aliphatic carbocycles. The maximum absolute atomic E-state index is 4.37. The predicted octanol–water partition coefficient (Wildman–Crippen LogP) is 5.17. The molecule has 84 valence electrons. The molecule has 1 heteroatoms. The Morgan fingerprint density at radius 3 is 1.79 bits per heavy atom. The van der Waals surface area contributed by atoms with Crippen molar-refractivity contribution in [2.75, 3.05) is 0 Å². The Labute approximate surface area is 91.8 Å². The van der Waals surface area contributed by atoms with Gasteiger partial charge in [0.1, 0.15) is 0 Å². The second kappa shape index (κ2) is 7.28. The number of unbranched alkanes of at least 4 members (excludes halogenated alkanes) is 2. The van der Waals surface area contributed by atoms with Crippen LogP contribution in [0.25, 0.3) is 0 Å². The molecule has 0 spiro atoms. The first-order valence-corrected chi connectivity index (χ1v) is 8.97. The summed E-state index contributed by atoms with van der Waals surface area (Å²) in [4.78, 5) is 0. The highest BCUT2D eigenvalue weighted by Gasteiger charge is 2.29. The fraction of sp³-hybridized carbons (Fsp3) is 0.846. The van der Waals surface area contributed by atoms with Gasteiger partial charge >= 0.3 is 0 Å². The van der Waals surface area contributed by atoms with Crippen molar-refractivity contribution in [1.82, 2.24) is 0 Å². The minimum Gasteiger partial charge on any atom is -0.104 e. The van der Waals surface area contributed by atoms with Crippen LogP contribution in [0.4, 0.5) is 0 Å². The van der Waals surface area contributed by atoms with Crippen LogP contribution in [0.1, 0.15) is 53.4 Å². The lowest BCUT2D eigenvalue weighted by molar-refractivity contribution is 0.721. The van der Waals surface area contributed by atoms with Crippen LogP contribution in [0.2, 0.25) is 18.1 Å². The Kier molecular flexibility index (Phi) is 7.25. The highest BCUT2D eigenvalue weighted by molar-refractivity contribution is 6.86. The van der Waals surface area contributed by atoms with Crippen molar-refractivity contribution in [1.29, 1.82) is 0 Å². The lowest BCUT2D eigenvalue weighted by Crippen LogP contribution is -2.34. The van der Waals surface area contributed by atoms with Gasteiger partial charge < -0.3 is 0 Å². The number of allylic oxidation sites excluding steroid dienone is 1. The summed E-state index contributed by atoms with van der Waals surface area (Å²) in [7, 11) is -1.07. The van der Waals surface area contributed by atoms with Gasteiger partial charge in [-0.3, -0.25) is 0 Å². The highest BCUT2D eigenvalue weighted by Crippen LogP contribution is 2.30. The van der Waals surface area contributed by atoms with E-state index in [1.807, 2.05) is 0 Å². The molecule has 0 aliphatic rings. The van der Waals surface area contributed by atoms with Crippen molar-refractivity contribution in [2.45, 2.75) is 71.5 Å². The van der Waals surface area contributed by atoms with Gasteiger partial charge in [0.05, 0.1) is 8.07 Å². The SMILES string of the molecule is C=C(CCCCC)[Si](CC)(CC)CC. The summed E-state index contributed by atoms with van der Waals surface area (Å²) >= 11 is 0. The van der Waals surface area contributed by atoms with Crippen LogP contribution in [0, 0.1) is 0 Å². The van der Waals surface area contributed by atoms with Crippen molar-refractivity contribution in [3.63, 3.8) is 0 Å². The van der Waals surface area contributed by atoms with E-state index in [0.29, 0.717) is 0 Å². The summed E-state index contributed by atoms with van der Waals surface area (Å²) in [6.07, 6.45) is 5.37. The zero-order valence-corrected chi connectivity index (χ0v) is 11.7. The third kappa shape index (κ3) is 3.60. The van der Waals surface area contributed by atoms with Crippen molar-refractivity contribution in [3.8, 4) is 0 Å². The number of rotatable bonds is 8. The van der Waals surface area contributed by atoms with Crippen molar-refractivity contribution >= 4 is 8.07 Å². The van der Waals surface area contributed by atoms with Crippen LogP contribution < -0.4 is 0 Å². The van der Waals surface area contributed by atoms with E-state index >= 15 is 0 Å². The van der Waals surface area contributed by atoms with E-state index < -0.39 is 8.07 Å². The Morgan fingerprint density at radius 1 is 0.929 bits per heavy atom. The molecule has 0 unspecified atom stereocenters. The highest BCUT2D eigenvalue weighted by atomic mass is 28.3. The molecule has 0 heterocycles. The molecule has 0 atom stereocenters. The van der Waals surface area contributed by atoms with E-state index in [1.54, 1.807) is 5.20 Å². The van der Waals surface area contributed by atoms with Crippen LogP contribution in [-0.2, 0) is 0 Å².